The Morgan fingerprint density at radius 1 is 0.952 bits per heavy atom. The number of methoxy groups -OCH3 is 1. The zero-order valence-electron chi connectivity index (χ0n) is 23.6. The Kier molecular flexibility index (Phi) is 9.49. The van der Waals surface area contributed by atoms with Crippen LogP contribution in [-0.4, -0.2) is 44.1 Å². The molecule has 0 spiro atoms. The first kappa shape index (κ1) is 30.1. The van der Waals surface area contributed by atoms with Gasteiger partial charge in [0.15, 0.2) is 18.1 Å². The molecule has 1 fully saturated rings. The van der Waals surface area contributed by atoms with E-state index in [0.717, 1.165) is 22.4 Å². The third-order valence-electron chi connectivity index (χ3n) is 6.39. The summed E-state index contributed by atoms with van der Waals surface area (Å²) >= 11 is 6.37. The molecule has 11 heteroatoms. The lowest BCUT2D eigenvalue weighted by atomic mass is 10.1. The van der Waals surface area contributed by atoms with Crippen molar-refractivity contribution < 1.29 is 33.4 Å². The summed E-state index contributed by atoms with van der Waals surface area (Å²) in [5.41, 5.74) is 3.13. The minimum absolute atomic E-state index is 0.160. The number of rotatable bonds is 10. The second kappa shape index (κ2) is 13.2. The molecule has 0 unspecified atom stereocenters. The molecule has 218 valence electrons. The zero-order chi connectivity index (χ0) is 30.4. The Balaban J connectivity index is 1.48. The molecule has 1 aliphatic heterocycles. The average Bonchev–Trinajstić information content (AvgIpc) is 2.95. The van der Waals surface area contributed by atoms with Gasteiger partial charge in [-0.25, -0.2) is 9.69 Å². The number of amides is 5. The number of ether oxygens (including phenoxy) is 3. The van der Waals surface area contributed by atoms with Crippen LogP contribution in [0.3, 0.4) is 0 Å². The number of hydrogen-bond donors (Lipinski definition) is 2. The molecule has 1 heterocycles. The van der Waals surface area contributed by atoms with Crippen molar-refractivity contribution in [2.24, 2.45) is 0 Å². The largest absolute Gasteiger partial charge is 0.493 e. The van der Waals surface area contributed by atoms with Crippen molar-refractivity contribution in [1.29, 1.82) is 0 Å². The molecule has 3 aromatic carbocycles. The van der Waals surface area contributed by atoms with Crippen LogP contribution >= 0.6 is 11.6 Å². The number of benzene rings is 3. The number of nitrogens with one attached hydrogen (secondary N) is 2. The lowest BCUT2D eigenvalue weighted by molar-refractivity contribution is -0.122. The highest BCUT2D eigenvalue weighted by Gasteiger charge is 2.37. The van der Waals surface area contributed by atoms with E-state index in [1.165, 1.54) is 37.5 Å². The van der Waals surface area contributed by atoms with Crippen molar-refractivity contribution in [2.75, 3.05) is 30.5 Å². The first-order valence-electron chi connectivity index (χ1n) is 13.1. The van der Waals surface area contributed by atoms with Gasteiger partial charge in [-0.1, -0.05) is 30.7 Å². The molecule has 0 atom stereocenters. The molecule has 10 nitrogen and oxygen atoms in total. The van der Waals surface area contributed by atoms with Crippen LogP contribution in [0.2, 0.25) is 5.02 Å². The maximum absolute atomic E-state index is 13.3. The van der Waals surface area contributed by atoms with Crippen LogP contribution < -0.4 is 29.7 Å². The van der Waals surface area contributed by atoms with E-state index in [9.17, 15) is 19.2 Å². The number of carbonyl (C=O) groups excluding carboxylic acids is 4. The van der Waals surface area contributed by atoms with Gasteiger partial charge < -0.3 is 19.5 Å². The summed E-state index contributed by atoms with van der Waals surface area (Å²) in [6.07, 6.45) is 2.10. The van der Waals surface area contributed by atoms with Gasteiger partial charge in [0.2, 0.25) is 0 Å². The number of carbonyl (C=O) groups is 4. The molecule has 1 saturated heterocycles. The summed E-state index contributed by atoms with van der Waals surface area (Å²) in [7, 11) is 1.44. The summed E-state index contributed by atoms with van der Waals surface area (Å²) in [5.74, 6) is -1.02. The Morgan fingerprint density at radius 3 is 2.40 bits per heavy atom. The van der Waals surface area contributed by atoms with Gasteiger partial charge in [-0.3, -0.25) is 19.7 Å². The molecule has 0 saturated carbocycles. The van der Waals surface area contributed by atoms with Crippen molar-refractivity contribution in [3.05, 3.63) is 81.9 Å². The Hall–Kier alpha value is -4.83. The van der Waals surface area contributed by atoms with E-state index >= 15 is 0 Å². The number of halogens is 1. The lowest BCUT2D eigenvalue weighted by Crippen LogP contribution is -2.54. The van der Waals surface area contributed by atoms with Gasteiger partial charge in [0.25, 0.3) is 17.7 Å². The first-order chi connectivity index (χ1) is 20.1. The summed E-state index contributed by atoms with van der Waals surface area (Å²) in [6.45, 7) is 6.08. The van der Waals surface area contributed by atoms with Gasteiger partial charge >= 0.3 is 6.03 Å². The molecule has 42 heavy (non-hydrogen) atoms. The quantitative estimate of drug-likeness (QED) is 0.238. The number of urea groups is 1. The fraction of sp³-hybridized carbons (Fsp3) is 0.226. The number of imide groups is 2. The van der Waals surface area contributed by atoms with E-state index in [-0.39, 0.29) is 34.5 Å². The molecule has 0 aromatic heterocycles. The normalized spacial score (nSPS) is 14.1. The molecule has 0 aliphatic carbocycles. The van der Waals surface area contributed by atoms with Crippen LogP contribution in [0.5, 0.6) is 17.2 Å². The number of anilines is 2. The van der Waals surface area contributed by atoms with Crippen molar-refractivity contribution in [2.45, 2.75) is 27.2 Å². The van der Waals surface area contributed by atoms with Crippen LogP contribution in [0.15, 0.2) is 60.2 Å². The molecular formula is C31H30ClN3O7. The van der Waals surface area contributed by atoms with Crippen molar-refractivity contribution in [3.63, 3.8) is 0 Å². The second-order valence-electron chi connectivity index (χ2n) is 9.47. The number of nitrogens with zero attached hydrogens (tertiary/aromatic N) is 1. The fourth-order valence-electron chi connectivity index (χ4n) is 4.07. The third kappa shape index (κ3) is 6.90. The van der Waals surface area contributed by atoms with Gasteiger partial charge in [0.05, 0.1) is 24.4 Å². The van der Waals surface area contributed by atoms with Crippen LogP contribution in [0.4, 0.5) is 16.2 Å². The predicted octanol–water partition coefficient (Wildman–Crippen LogP) is 5.44. The Labute approximate surface area is 248 Å². The summed E-state index contributed by atoms with van der Waals surface area (Å²) in [4.78, 5) is 51.8. The van der Waals surface area contributed by atoms with E-state index in [1.807, 2.05) is 32.9 Å². The molecule has 3 aromatic rings. The smallest absolute Gasteiger partial charge is 0.335 e. The minimum Gasteiger partial charge on any atom is -0.493 e. The number of barbiturate groups is 1. The predicted molar refractivity (Wildman–Crippen MR) is 159 cm³/mol. The molecule has 0 bridgehead atoms. The first-order valence-corrected chi connectivity index (χ1v) is 13.5. The molecule has 0 radical (unpaired) electrons. The van der Waals surface area contributed by atoms with E-state index in [0.29, 0.717) is 29.4 Å². The fourth-order valence-corrected chi connectivity index (χ4v) is 4.31. The van der Waals surface area contributed by atoms with Crippen molar-refractivity contribution in [1.82, 2.24) is 5.32 Å². The van der Waals surface area contributed by atoms with Gasteiger partial charge in [-0.2, -0.15) is 0 Å². The minimum atomic E-state index is -0.896. The third-order valence-corrected chi connectivity index (χ3v) is 6.68. The standard InChI is InChI=1S/C31H30ClN3O7/c1-5-12-41-26-11-9-22(16-27(26)40-4)35-30(38)23(29(37)34-31(35)39)14-20-7-10-25(24(32)15-20)42-17-28(36)33-21-8-6-18(2)19(3)13-21/h6-11,13-16H,5,12,17H2,1-4H3,(H,33,36)(H,34,37,39)/b23-14-. The van der Waals surface area contributed by atoms with E-state index in [2.05, 4.69) is 10.6 Å². The van der Waals surface area contributed by atoms with Gasteiger partial charge in [0, 0.05) is 11.8 Å². The highest BCUT2D eigenvalue weighted by molar-refractivity contribution is 6.39. The van der Waals surface area contributed by atoms with E-state index in [1.54, 1.807) is 18.2 Å². The molecule has 1 aliphatic rings. The van der Waals surface area contributed by atoms with Crippen molar-refractivity contribution >= 4 is 52.8 Å². The molecule has 5 amide bonds. The molecule has 4 rings (SSSR count). The summed E-state index contributed by atoms with van der Waals surface area (Å²) in [5, 5.41) is 5.11. The number of hydrogen-bond acceptors (Lipinski definition) is 7. The monoisotopic (exact) mass is 591 g/mol. The summed E-state index contributed by atoms with van der Waals surface area (Å²) < 4.78 is 16.6. The molecule has 2 N–H and O–H groups in total. The average molecular weight is 592 g/mol. The van der Waals surface area contributed by atoms with Crippen LogP contribution in [0.1, 0.15) is 30.0 Å². The van der Waals surface area contributed by atoms with Crippen LogP contribution in [0, 0.1) is 13.8 Å². The Bertz CT molecular complexity index is 1580. The van der Waals surface area contributed by atoms with Crippen LogP contribution in [-0.2, 0) is 14.4 Å². The maximum atomic E-state index is 13.3. The second-order valence-corrected chi connectivity index (χ2v) is 9.87. The van der Waals surface area contributed by atoms with Gasteiger partial charge in [-0.15, -0.1) is 0 Å². The Morgan fingerprint density at radius 2 is 1.71 bits per heavy atom. The lowest BCUT2D eigenvalue weighted by Gasteiger charge is -2.27. The van der Waals surface area contributed by atoms with Crippen molar-refractivity contribution in [3.8, 4) is 17.2 Å². The zero-order valence-corrected chi connectivity index (χ0v) is 24.3. The van der Waals surface area contributed by atoms with E-state index in [4.69, 9.17) is 25.8 Å². The number of aryl methyl sites for hydroxylation is 2. The van der Waals surface area contributed by atoms with Gasteiger partial charge in [0.1, 0.15) is 11.3 Å². The highest BCUT2D eigenvalue weighted by Crippen LogP contribution is 2.34. The maximum Gasteiger partial charge on any atom is 0.335 e. The van der Waals surface area contributed by atoms with Gasteiger partial charge in [-0.05, 0) is 79.4 Å². The van der Waals surface area contributed by atoms with E-state index < -0.39 is 17.8 Å². The topological polar surface area (TPSA) is 123 Å². The van der Waals surface area contributed by atoms with Crippen LogP contribution in [0.25, 0.3) is 6.08 Å². The highest BCUT2D eigenvalue weighted by atomic mass is 35.5. The SMILES string of the molecule is CCCOc1ccc(N2C(=O)NC(=O)/C(=C/c3ccc(OCC(=O)Nc4ccc(C)c(C)c4)c(Cl)c3)C2=O)cc1OC. The summed E-state index contributed by atoms with van der Waals surface area (Å²) in [6, 6.07) is 13.9. The molecular weight excluding hydrogens is 562 g/mol.